The summed E-state index contributed by atoms with van der Waals surface area (Å²) in [5.41, 5.74) is 1.33. The van der Waals surface area contributed by atoms with E-state index in [1.807, 2.05) is 0 Å². The quantitative estimate of drug-likeness (QED) is 0.745. The van der Waals surface area contributed by atoms with Crippen molar-refractivity contribution in [1.29, 1.82) is 0 Å². The molecule has 0 bridgehead atoms. The number of carboxylic acids is 1. The highest BCUT2D eigenvalue weighted by Crippen LogP contribution is 2.30. The number of carbonyl (C=O) groups excluding carboxylic acids is 1. The zero-order valence-electron chi connectivity index (χ0n) is 10.3. The first-order valence-electron chi connectivity index (χ1n) is 6.02. The van der Waals surface area contributed by atoms with Crippen molar-refractivity contribution in [2.45, 2.75) is 6.42 Å². The molecule has 3 N–H and O–H groups in total. The molecule has 0 spiro atoms. The molecule has 2 aromatic rings. The Morgan fingerprint density at radius 1 is 1.30 bits per heavy atom. The fourth-order valence-electron chi connectivity index (χ4n) is 2.32. The molecule has 3 rings (SSSR count). The molecule has 102 valence electrons. The van der Waals surface area contributed by atoms with Gasteiger partial charge in [0.05, 0.1) is 5.56 Å². The van der Waals surface area contributed by atoms with Gasteiger partial charge in [0.25, 0.3) is 5.91 Å². The Kier molecular flexibility index (Phi) is 2.67. The highest BCUT2D eigenvalue weighted by atomic mass is 16.4. The molecule has 7 heteroatoms. The van der Waals surface area contributed by atoms with E-state index in [2.05, 4.69) is 9.97 Å². The minimum Gasteiger partial charge on any atom is -0.478 e. The van der Waals surface area contributed by atoms with Gasteiger partial charge in [-0.25, -0.2) is 9.59 Å². The van der Waals surface area contributed by atoms with Crippen LogP contribution in [0.1, 0.15) is 26.4 Å². The molecule has 0 atom stereocenters. The third kappa shape index (κ3) is 1.89. The van der Waals surface area contributed by atoms with E-state index in [0.29, 0.717) is 18.7 Å². The number of rotatable bonds is 2. The summed E-state index contributed by atoms with van der Waals surface area (Å²) in [6.45, 7) is 0.463. The molecule has 20 heavy (non-hydrogen) atoms. The molecule has 2 heterocycles. The van der Waals surface area contributed by atoms with E-state index in [-0.39, 0.29) is 17.2 Å². The van der Waals surface area contributed by atoms with Crippen LogP contribution in [0.25, 0.3) is 0 Å². The molecular formula is C13H11N3O4. The summed E-state index contributed by atoms with van der Waals surface area (Å²) in [4.78, 5) is 40.6. The number of anilines is 1. The van der Waals surface area contributed by atoms with Crippen LogP contribution < -0.4 is 10.6 Å². The number of H-pyrrole nitrogens is 2. The number of nitrogens with zero attached hydrogens (tertiary/aromatic N) is 1. The van der Waals surface area contributed by atoms with Crippen LogP contribution in [0.5, 0.6) is 0 Å². The average molecular weight is 273 g/mol. The smallest absolute Gasteiger partial charge is 0.335 e. The molecule has 1 aromatic carbocycles. The topological polar surface area (TPSA) is 106 Å². The summed E-state index contributed by atoms with van der Waals surface area (Å²) in [7, 11) is 0. The third-order valence-corrected chi connectivity index (χ3v) is 3.30. The lowest BCUT2D eigenvalue weighted by Crippen LogP contribution is -2.29. The number of nitrogens with one attached hydrogen (secondary N) is 2. The second-order valence-corrected chi connectivity index (χ2v) is 4.51. The third-order valence-electron chi connectivity index (χ3n) is 3.30. The van der Waals surface area contributed by atoms with Crippen LogP contribution in [0.15, 0.2) is 29.2 Å². The van der Waals surface area contributed by atoms with Crippen LogP contribution >= 0.6 is 0 Å². The Hall–Kier alpha value is -2.83. The van der Waals surface area contributed by atoms with Gasteiger partial charge in [0.2, 0.25) is 0 Å². The van der Waals surface area contributed by atoms with Gasteiger partial charge in [0.15, 0.2) is 0 Å². The molecule has 0 fully saturated rings. The first-order valence-corrected chi connectivity index (χ1v) is 6.02. The minimum atomic E-state index is -1.04. The average Bonchev–Trinajstić information content (AvgIpc) is 3.03. The highest BCUT2D eigenvalue weighted by Gasteiger charge is 2.27. The van der Waals surface area contributed by atoms with Gasteiger partial charge in [-0.05, 0) is 24.1 Å². The fraction of sp³-hybridized carbons (Fsp3) is 0.154. The maximum atomic E-state index is 12.3. The predicted octanol–water partition coefficient (Wildman–Crippen LogP) is 0.604. The maximum Gasteiger partial charge on any atom is 0.335 e. The lowest BCUT2D eigenvalue weighted by atomic mass is 10.1. The van der Waals surface area contributed by atoms with Crippen molar-refractivity contribution < 1.29 is 14.7 Å². The molecule has 0 saturated carbocycles. The maximum absolute atomic E-state index is 12.3. The lowest BCUT2D eigenvalue weighted by molar-refractivity contribution is 0.0696. The molecule has 7 nitrogen and oxygen atoms in total. The molecule has 1 aliphatic heterocycles. The number of aromatic nitrogens is 2. The number of fused-ring (bicyclic) bond motifs is 1. The number of aromatic amines is 2. The van der Waals surface area contributed by atoms with Crippen molar-refractivity contribution >= 4 is 17.6 Å². The van der Waals surface area contributed by atoms with E-state index < -0.39 is 11.7 Å². The normalized spacial score (nSPS) is 13.3. The van der Waals surface area contributed by atoms with Gasteiger partial charge in [-0.1, -0.05) is 6.07 Å². The highest BCUT2D eigenvalue weighted by molar-refractivity contribution is 6.06. The van der Waals surface area contributed by atoms with Crippen LogP contribution in [-0.2, 0) is 6.42 Å². The van der Waals surface area contributed by atoms with Gasteiger partial charge in [-0.2, -0.15) is 0 Å². The van der Waals surface area contributed by atoms with E-state index in [4.69, 9.17) is 5.11 Å². The zero-order valence-corrected chi connectivity index (χ0v) is 10.3. The van der Waals surface area contributed by atoms with Gasteiger partial charge in [0, 0.05) is 18.4 Å². The first kappa shape index (κ1) is 12.2. The number of carboxylic acid groups (broad SMARTS) is 1. The Labute approximate surface area is 112 Å². The molecule has 1 aromatic heterocycles. The zero-order chi connectivity index (χ0) is 14.3. The SMILES string of the molecule is O=C(O)c1ccc2c(c1)N(C(=O)c1c[nH]c(=O)[nH]1)CC2. The number of benzene rings is 1. The van der Waals surface area contributed by atoms with Crippen molar-refractivity contribution in [2.24, 2.45) is 0 Å². The number of amides is 1. The van der Waals surface area contributed by atoms with Crippen molar-refractivity contribution in [3.8, 4) is 0 Å². The Balaban J connectivity index is 1.99. The van der Waals surface area contributed by atoms with Crippen molar-refractivity contribution in [2.75, 3.05) is 11.4 Å². The summed E-state index contributed by atoms with van der Waals surface area (Å²) >= 11 is 0. The van der Waals surface area contributed by atoms with E-state index >= 15 is 0 Å². The molecule has 1 aliphatic rings. The summed E-state index contributed by atoms with van der Waals surface area (Å²) in [6.07, 6.45) is 1.97. The van der Waals surface area contributed by atoms with Gasteiger partial charge >= 0.3 is 11.7 Å². The summed E-state index contributed by atoms with van der Waals surface area (Å²) < 4.78 is 0. The molecular weight excluding hydrogens is 262 g/mol. The summed E-state index contributed by atoms with van der Waals surface area (Å²) in [5, 5.41) is 9.01. The lowest BCUT2D eigenvalue weighted by Gasteiger charge is -2.16. The van der Waals surface area contributed by atoms with Crippen molar-refractivity contribution in [3.05, 3.63) is 51.7 Å². The van der Waals surface area contributed by atoms with Crippen molar-refractivity contribution in [3.63, 3.8) is 0 Å². The van der Waals surface area contributed by atoms with Crippen LogP contribution in [0.2, 0.25) is 0 Å². The first-order chi connectivity index (χ1) is 9.56. The number of hydrogen-bond donors (Lipinski definition) is 3. The molecule has 1 amide bonds. The van der Waals surface area contributed by atoms with E-state index in [0.717, 1.165) is 5.56 Å². The molecule has 0 saturated heterocycles. The fourth-order valence-corrected chi connectivity index (χ4v) is 2.32. The number of imidazole rings is 1. The van der Waals surface area contributed by atoms with E-state index in [1.165, 1.54) is 23.2 Å². The Morgan fingerprint density at radius 3 is 2.75 bits per heavy atom. The van der Waals surface area contributed by atoms with E-state index in [1.54, 1.807) is 6.07 Å². The monoisotopic (exact) mass is 273 g/mol. The standard InChI is InChI=1S/C13H11N3O4/c17-11(9-6-14-13(20)15-9)16-4-3-7-1-2-8(12(18)19)5-10(7)16/h1-2,5-6H,3-4H2,(H,18,19)(H2,14,15,20). The summed E-state index contributed by atoms with van der Waals surface area (Å²) in [6, 6.07) is 4.71. The van der Waals surface area contributed by atoms with Gasteiger partial charge in [-0.3, -0.25) is 4.79 Å². The summed E-state index contributed by atoms with van der Waals surface area (Å²) in [5.74, 6) is -1.40. The second-order valence-electron chi connectivity index (χ2n) is 4.51. The van der Waals surface area contributed by atoms with Crippen molar-refractivity contribution in [1.82, 2.24) is 9.97 Å². The van der Waals surface area contributed by atoms with Gasteiger partial charge < -0.3 is 20.0 Å². The largest absolute Gasteiger partial charge is 0.478 e. The van der Waals surface area contributed by atoms with Crippen LogP contribution in [0.4, 0.5) is 5.69 Å². The Bertz CT molecular complexity index is 759. The van der Waals surface area contributed by atoms with Crippen LogP contribution in [0, 0.1) is 0 Å². The van der Waals surface area contributed by atoms with Gasteiger partial charge in [-0.15, -0.1) is 0 Å². The van der Waals surface area contributed by atoms with E-state index in [9.17, 15) is 14.4 Å². The van der Waals surface area contributed by atoms with Crippen LogP contribution in [-0.4, -0.2) is 33.5 Å². The Morgan fingerprint density at radius 2 is 2.10 bits per heavy atom. The molecule has 0 radical (unpaired) electrons. The number of hydrogen-bond acceptors (Lipinski definition) is 3. The van der Waals surface area contributed by atoms with Gasteiger partial charge in [0.1, 0.15) is 5.69 Å². The predicted molar refractivity (Wildman–Crippen MR) is 70.2 cm³/mol. The molecule has 0 unspecified atom stereocenters. The molecule has 0 aliphatic carbocycles. The minimum absolute atomic E-state index is 0.131. The second kappa shape index (κ2) is 4.37. The number of aromatic carboxylic acids is 1. The number of carbonyl (C=O) groups is 2. The van der Waals surface area contributed by atoms with Crippen LogP contribution in [0.3, 0.4) is 0 Å².